The van der Waals surface area contributed by atoms with E-state index in [1.165, 1.54) is 36.8 Å². The van der Waals surface area contributed by atoms with Gasteiger partial charge in [-0.3, -0.25) is 4.98 Å². The van der Waals surface area contributed by atoms with Crippen molar-refractivity contribution in [1.29, 1.82) is 0 Å². The lowest BCUT2D eigenvalue weighted by Gasteiger charge is -2.31. The maximum Gasteiger partial charge on any atom is 0.0366 e. The van der Waals surface area contributed by atoms with Crippen LogP contribution >= 0.6 is 0 Å². The topological polar surface area (TPSA) is 24.9 Å². The van der Waals surface area contributed by atoms with Crippen LogP contribution in [0.4, 0.5) is 0 Å². The fourth-order valence-corrected chi connectivity index (χ4v) is 4.10. The minimum absolute atomic E-state index is 0.513. The second kappa shape index (κ2) is 4.41. The van der Waals surface area contributed by atoms with E-state index in [0.717, 1.165) is 17.8 Å². The molecule has 2 nitrogen and oxygen atoms in total. The summed E-state index contributed by atoms with van der Waals surface area (Å²) in [6.07, 6.45) is 9.78. The molecule has 17 heavy (non-hydrogen) atoms. The summed E-state index contributed by atoms with van der Waals surface area (Å²) in [6, 6.07) is 2.64. The van der Waals surface area contributed by atoms with Gasteiger partial charge in [-0.1, -0.05) is 6.42 Å². The van der Waals surface area contributed by atoms with E-state index in [2.05, 4.69) is 36.5 Å². The summed E-state index contributed by atoms with van der Waals surface area (Å²) >= 11 is 0. The van der Waals surface area contributed by atoms with Crippen LogP contribution in [0.3, 0.4) is 0 Å². The van der Waals surface area contributed by atoms with Crippen LogP contribution in [-0.4, -0.2) is 12.0 Å². The molecule has 0 radical (unpaired) electrons. The molecule has 2 fully saturated rings. The van der Waals surface area contributed by atoms with Gasteiger partial charge in [-0.2, -0.15) is 0 Å². The predicted octanol–water partition coefficient (Wildman–Crippen LogP) is 3.09. The number of aryl methyl sites for hydroxylation is 1. The molecule has 4 unspecified atom stereocenters. The first kappa shape index (κ1) is 11.2. The van der Waals surface area contributed by atoms with Crippen LogP contribution in [0, 0.1) is 24.7 Å². The largest absolute Gasteiger partial charge is 0.313 e. The monoisotopic (exact) mass is 230 g/mol. The first-order chi connectivity index (χ1) is 8.29. The Morgan fingerprint density at radius 3 is 2.82 bits per heavy atom. The average Bonchev–Trinajstić information content (AvgIpc) is 2.95. The van der Waals surface area contributed by atoms with Gasteiger partial charge in [0.15, 0.2) is 0 Å². The molecule has 0 saturated heterocycles. The minimum Gasteiger partial charge on any atom is -0.313 e. The Balaban J connectivity index is 1.87. The van der Waals surface area contributed by atoms with Gasteiger partial charge >= 0.3 is 0 Å². The van der Waals surface area contributed by atoms with Crippen LogP contribution in [0.1, 0.15) is 42.9 Å². The standard InChI is InChI=1S/C15H22N2/c1-10-5-6-17-9-14(10)15(16-2)13-8-11-3-4-12(13)7-11/h5-6,9,11-13,15-16H,3-4,7-8H2,1-2H3. The fraction of sp³-hybridized carbons (Fsp3) is 0.667. The van der Waals surface area contributed by atoms with Crippen LogP contribution in [0.2, 0.25) is 0 Å². The summed E-state index contributed by atoms with van der Waals surface area (Å²) in [5.41, 5.74) is 2.79. The molecule has 1 N–H and O–H groups in total. The summed E-state index contributed by atoms with van der Waals surface area (Å²) in [7, 11) is 2.10. The molecule has 1 heterocycles. The second-order valence-electron chi connectivity index (χ2n) is 5.84. The number of nitrogens with zero attached hydrogens (tertiary/aromatic N) is 1. The summed E-state index contributed by atoms with van der Waals surface area (Å²) in [4.78, 5) is 4.31. The summed E-state index contributed by atoms with van der Waals surface area (Å²) in [5.74, 6) is 2.80. The Kier molecular flexibility index (Phi) is 2.91. The number of rotatable bonds is 3. The van der Waals surface area contributed by atoms with E-state index in [-0.39, 0.29) is 0 Å². The van der Waals surface area contributed by atoms with Crippen molar-refractivity contribution in [1.82, 2.24) is 10.3 Å². The van der Waals surface area contributed by atoms with Gasteiger partial charge in [-0.05, 0) is 68.2 Å². The van der Waals surface area contributed by atoms with Crippen LogP contribution in [0.5, 0.6) is 0 Å². The van der Waals surface area contributed by atoms with E-state index >= 15 is 0 Å². The third-order valence-electron chi connectivity index (χ3n) is 4.95. The molecule has 1 aromatic heterocycles. The molecule has 3 rings (SSSR count). The van der Waals surface area contributed by atoms with Crippen LogP contribution < -0.4 is 5.32 Å². The van der Waals surface area contributed by atoms with Crippen LogP contribution in [0.25, 0.3) is 0 Å². The summed E-state index contributed by atoms with van der Waals surface area (Å²) in [5, 5.41) is 3.55. The van der Waals surface area contributed by atoms with E-state index in [4.69, 9.17) is 0 Å². The first-order valence-corrected chi connectivity index (χ1v) is 6.87. The Bertz CT molecular complexity index is 402. The molecule has 0 aliphatic heterocycles. The van der Waals surface area contributed by atoms with Crippen LogP contribution in [-0.2, 0) is 0 Å². The van der Waals surface area contributed by atoms with E-state index in [1.807, 2.05) is 6.20 Å². The average molecular weight is 230 g/mol. The third-order valence-corrected chi connectivity index (χ3v) is 4.95. The van der Waals surface area contributed by atoms with Crippen molar-refractivity contribution >= 4 is 0 Å². The van der Waals surface area contributed by atoms with Crippen molar-refractivity contribution < 1.29 is 0 Å². The number of hydrogen-bond acceptors (Lipinski definition) is 2. The molecular weight excluding hydrogens is 208 g/mol. The van der Waals surface area contributed by atoms with Crippen molar-refractivity contribution in [3.63, 3.8) is 0 Å². The van der Waals surface area contributed by atoms with Gasteiger partial charge in [0, 0.05) is 18.4 Å². The van der Waals surface area contributed by atoms with Crippen molar-refractivity contribution in [2.75, 3.05) is 7.05 Å². The molecule has 0 spiro atoms. The molecule has 0 amide bonds. The number of pyridine rings is 1. The highest BCUT2D eigenvalue weighted by Gasteiger charge is 2.43. The second-order valence-corrected chi connectivity index (χ2v) is 5.84. The molecular formula is C15H22N2. The molecule has 0 aromatic carbocycles. The molecule has 2 bridgehead atoms. The normalized spacial score (nSPS) is 32.9. The molecule has 2 aliphatic rings. The van der Waals surface area contributed by atoms with Gasteiger partial charge in [-0.15, -0.1) is 0 Å². The zero-order valence-corrected chi connectivity index (χ0v) is 10.8. The van der Waals surface area contributed by atoms with Gasteiger partial charge in [0.2, 0.25) is 0 Å². The van der Waals surface area contributed by atoms with Gasteiger partial charge in [0.1, 0.15) is 0 Å². The van der Waals surface area contributed by atoms with Crippen molar-refractivity contribution in [3.8, 4) is 0 Å². The van der Waals surface area contributed by atoms with Crippen molar-refractivity contribution in [3.05, 3.63) is 29.6 Å². The summed E-state index contributed by atoms with van der Waals surface area (Å²) < 4.78 is 0. The Hall–Kier alpha value is -0.890. The zero-order valence-electron chi connectivity index (χ0n) is 10.8. The van der Waals surface area contributed by atoms with Gasteiger partial charge in [0.25, 0.3) is 0 Å². The summed E-state index contributed by atoms with van der Waals surface area (Å²) in [6.45, 7) is 2.20. The lowest BCUT2D eigenvalue weighted by molar-refractivity contribution is 0.258. The van der Waals surface area contributed by atoms with Crippen LogP contribution in [0.15, 0.2) is 18.5 Å². The van der Waals surface area contributed by atoms with Crippen molar-refractivity contribution in [2.24, 2.45) is 17.8 Å². The molecule has 2 heteroatoms. The first-order valence-electron chi connectivity index (χ1n) is 6.87. The zero-order chi connectivity index (χ0) is 11.8. The number of nitrogens with one attached hydrogen (secondary N) is 1. The molecule has 4 atom stereocenters. The Morgan fingerprint density at radius 1 is 1.35 bits per heavy atom. The van der Waals surface area contributed by atoms with E-state index in [1.54, 1.807) is 0 Å². The van der Waals surface area contributed by atoms with E-state index < -0.39 is 0 Å². The maximum absolute atomic E-state index is 4.31. The number of aromatic nitrogens is 1. The predicted molar refractivity (Wildman–Crippen MR) is 69.7 cm³/mol. The van der Waals surface area contributed by atoms with E-state index in [0.29, 0.717) is 6.04 Å². The smallest absolute Gasteiger partial charge is 0.0366 e. The molecule has 2 saturated carbocycles. The minimum atomic E-state index is 0.513. The third kappa shape index (κ3) is 1.89. The van der Waals surface area contributed by atoms with Gasteiger partial charge in [0.05, 0.1) is 0 Å². The highest BCUT2D eigenvalue weighted by Crippen LogP contribution is 2.52. The lowest BCUT2D eigenvalue weighted by atomic mass is 9.80. The highest BCUT2D eigenvalue weighted by molar-refractivity contribution is 5.26. The number of fused-ring (bicyclic) bond motifs is 2. The Labute approximate surface area is 104 Å². The maximum atomic E-state index is 4.31. The highest BCUT2D eigenvalue weighted by atomic mass is 14.9. The van der Waals surface area contributed by atoms with E-state index in [9.17, 15) is 0 Å². The van der Waals surface area contributed by atoms with Gasteiger partial charge in [-0.25, -0.2) is 0 Å². The van der Waals surface area contributed by atoms with Gasteiger partial charge < -0.3 is 5.32 Å². The quantitative estimate of drug-likeness (QED) is 0.863. The number of hydrogen-bond donors (Lipinski definition) is 1. The van der Waals surface area contributed by atoms with Crippen molar-refractivity contribution in [2.45, 2.75) is 38.6 Å². The molecule has 1 aromatic rings. The fourth-order valence-electron chi connectivity index (χ4n) is 4.10. The SMILES string of the molecule is CNC(c1cnccc1C)C1CC2CCC1C2. The lowest BCUT2D eigenvalue weighted by Crippen LogP contribution is -2.29. The molecule has 92 valence electrons. The molecule has 2 aliphatic carbocycles. The Morgan fingerprint density at radius 2 is 2.24 bits per heavy atom.